The standard InChI is InChI=1S/C19H17F3N4O2/c20-19(21,22)16-4-3-15(11-25-16)18(27)26-8-5-13(6-9-26)12-28-17-14(10-23)2-1-7-24-17/h1-4,7,11,13H,5-6,8-9,12H2. The van der Waals surface area contributed by atoms with Crippen molar-refractivity contribution in [1.29, 1.82) is 5.26 Å². The van der Waals surface area contributed by atoms with Crippen LogP contribution >= 0.6 is 0 Å². The SMILES string of the molecule is N#Cc1cccnc1OCC1CCN(C(=O)c2ccc(C(F)(F)F)nc2)CC1. The minimum atomic E-state index is -4.53. The van der Waals surface area contributed by atoms with Gasteiger partial charge in [-0.3, -0.25) is 9.78 Å². The second-order valence-electron chi connectivity index (χ2n) is 6.44. The smallest absolute Gasteiger partial charge is 0.433 e. The number of aromatic nitrogens is 2. The first-order valence-electron chi connectivity index (χ1n) is 8.69. The van der Waals surface area contributed by atoms with Crippen molar-refractivity contribution in [1.82, 2.24) is 14.9 Å². The molecule has 1 amide bonds. The second kappa shape index (κ2) is 8.25. The molecule has 0 aliphatic carbocycles. The predicted octanol–water partition coefficient (Wildman–Crippen LogP) is 3.30. The average molecular weight is 390 g/mol. The Kier molecular flexibility index (Phi) is 5.78. The number of hydrogen-bond donors (Lipinski definition) is 0. The van der Waals surface area contributed by atoms with Crippen molar-refractivity contribution in [2.24, 2.45) is 5.92 Å². The van der Waals surface area contributed by atoms with E-state index < -0.39 is 11.9 Å². The monoisotopic (exact) mass is 390 g/mol. The first kappa shape index (κ1) is 19.6. The van der Waals surface area contributed by atoms with Crippen LogP contribution in [0, 0.1) is 17.2 Å². The molecule has 146 valence electrons. The van der Waals surface area contributed by atoms with E-state index >= 15 is 0 Å². The topological polar surface area (TPSA) is 79.1 Å². The third-order valence-electron chi connectivity index (χ3n) is 4.55. The van der Waals surface area contributed by atoms with E-state index in [2.05, 4.69) is 9.97 Å². The lowest BCUT2D eigenvalue weighted by molar-refractivity contribution is -0.141. The fourth-order valence-corrected chi connectivity index (χ4v) is 2.96. The van der Waals surface area contributed by atoms with E-state index in [0.717, 1.165) is 18.3 Å². The molecule has 0 radical (unpaired) electrons. The Bertz CT molecular complexity index is 870. The van der Waals surface area contributed by atoms with E-state index in [0.29, 0.717) is 44.0 Å². The molecule has 2 aromatic heterocycles. The lowest BCUT2D eigenvalue weighted by atomic mass is 9.97. The third kappa shape index (κ3) is 4.57. The van der Waals surface area contributed by atoms with Gasteiger partial charge in [0.1, 0.15) is 17.3 Å². The summed E-state index contributed by atoms with van der Waals surface area (Å²) < 4.78 is 43.3. The Hall–Kier alpha value is -3.15. The van der Waals surface area contributed by atoms with Crippen LogP contribution in [0.5, 0.6) is 5.88 Å². The minimum absolute atomic E-state index is 0.134. The molecule has 9 heteroatoms. The van der Waals surface area contributed by atoms with Gasteiger partial charge in [-0.1, -0.05) is 0 Å². The molecule has 0 saturated carbocycles. The van der Waals surface area contributed by atoms with E-state index in [1.165, 1.54) is 0 Å². The van der Waals surface area contributed by atoms with Crippen LogP contribution < -0.4 is 4.74 Å². The van der Waals surface area contributed by atoms with Crippen LogP contribution in [0.1, 0.15) is 34.5 Å². The molecule has 28 heavy (non-hydrogen) atoms. The normalized spacial score (nSPS) is 15.1. The van der Waals surface area contributed by atoms with Crippen LogP contribution in [0.4, 0.5) is 13.2 Å². The molecule has 1 aliphatic rings. The number of nitriles is 1. The fraction of sp³-hybridized carbons (Fsp3) is 0.368. The summed E-state index contributed by atoms with van der Waals surface area (Å²) in [5.74, 6) is 0.153. The van der Waals surface area contributed by atoms with Gasteiger partial charge in [0.2, 0.25) is 5.88 Å². The molecule has 0 atom stereocenters. The number of carbonyl (C=O) groups excluding carboxylic acids is 1. The fourth-order valence-electron chi connectivity index (χ4n) is 2.96. The van der Waals surface area contributed by atoms with Crippen LogP contribution in [0.2, 0.25) is 0 Å². The van der Waals surface area contributed by atoms with Crippen molar-refractivity contribution in [2.45, 2.75) is 19.0 Å². The van der Waals surface area contributed by atoms with Crippen molar-refractivity contribution in [3.63, 3.8) is 0 Å². The van der Waals surface area contributed by atoms with Gasteiger partial charge in [0.25, 0.3) is 5.91 Å². The summed E-state index contributed by atoms with van der Waals surface area (Å²) in [6.45, 7) is 1.33. The highest BCUT2D eigenvalue weighted by molar-refractivity contribution is 5.94. The van der Waals surface area contributed by atoms with Crippen LogP contribution in [-0.2, 0) is 6.18 Å². The molecular formula is C19H17F3N4O2. The maximum absolute atomic E-state index is 12.6. The Morgan fingerprint density at radius 2 is 2.00 bits per heavy atom. The van der Waals surface area contributed by atoms with E-state index in [1.54, 1.807) is 23.2 Å². The number of piperidine rings is 1. The summed E-state index contributed by atoms with van der Waals surface area (Å²) in [6, 6.07) is 7.27. The number of carbonyl (C=O) groups is 1. The summed E-state index contributed by atoms with van der Waals surface area (Å²) in [6.07, 6.45) is -0.637. The van der Waals surface area contributed by atoms with Crippen molar-refractivity contribution in [3.05, 3.63) is 53.5 Å². The second-order valence-corrected chi connectivity index (χ2v) is 6.44. The van der Waals surface area contributed by atoms with Gasteiger partial charge >= 0.3 is 6.18 Å². The molecular weight excluding hydrogens is 373 g/mol. The Balaban J connectivity index is 1.52. The number of ether oxygens (including phenoxy) is 1. The molecule has 1 fully saturated rings. The van der Waals surface area contributed by atoms with Crippen molar-refractivity contribution >= 4 is 5.91 Å². The predicted molar refractivity (Wildman–Crippen MR) is 92.3 cm³/mol. The highest BCUT2D eigenvalue weighted by Gasteiger charge is 2.32. The summed E-state index contributed by atoms with van der Waals surface area (Å²) in [4.78, 5) is 21.4. The van der Waals surface area contributed by atoms with Gasteiger partial charge in [-0.2, -0.15) is 18.4 Å². The average Bonchev–Trinajstić information content (AvgIpc) is 2.72. The number of rotatable bonds is 4. The van der Waals surface area contributed by atoms with E-state index in [1.807, 2.05) is 6.07 Å². The Morgan fingerprint density at radius 3 is 2.61 bits per heavy atom. The summed E-state index contributed by atoms with van der Waals surface area (Å²) in [7, 11) is 0. The van der Waals surface area contributed by atoms with Gasteiger partial charge in [0.15, 0.2) is 0 Å². The molecule has 0 aromatic carbocycles. The Morgan fingerprint density at radius 1 is 1.25 bits per heavy atom. The molecule has 1 saturated heterocycles. The van der Waals surface area contributed by atoms with Gasteiger partial charge in [-0.25, -0.2) is 4.98 Å². The summed E-state index contributed by atoms with van der Waals surface area (Å²) in [5, 5.41) is 9.04. The van der Waals surface area contributed by atoms with E-state index in [9.17, 15) is 18.0 Å². The van der Waals surface area contributed by atoms with Crippen molar-refractivity contribution in [3.8, 4) is 11.9 Å². The van der Waals surface area contributed by atoms with Crippen LogP contribution in [-0.4, -0.2) is 40.5 Å². The van der Waals surface area contributed by atoms with Crippen LogP contribution in [0.3, 0.4) is 0 Å². The molecule has 0 N–H and O–H groups in total. The molecule has 1 aliphatic heterocycles. The van der Waals surface area contributed by atoms with Gasteiger partial charge in [-0.05, 0) is 43.0 Å². The largest absolute Gasteiger partial charge is 0.476 e. The highest BCUT2D eigenvalue weighted by Crippen LogP contribution is 2.27. The number of halogens is 3. The van der Waals surface area contributed by atoms with Crippen molar-refractivity contribution in [2.75, 3.05) is 19.7 Å². The van der Waals surface area contributed by atoms with Gasteiger partial charge in [-0.15, -0.1) is 0 Å². The van der Waals surface area contributed by atoms with Crippen LogP contribution in [0.15, 0.2) is 36.7 Å². The summed E-state index contributed by atoms with van der Waals surface area (Å²) in [5.41, 5.74) is -0.522. The highest BCUT2D eigenvalue weighted by atomic mass is 19.4. The third-order valence-corrected chi connectivity index (χ3v) is 4.55. The molecule has 0 unspecified atom stereocenters. The first-order valence-corrected chi connectivity index (χ1v) is 8.69. The van der Waals surface area contributed by atoms with Gasteiger partial charge < -0.3 is 9.64 Å². The quantitative estimate of drug-likeness (QED) is 0.800. The van der Waals surface area contributed by atoms with Gasteiger partial charge in [0.05, 0.1) is 12.2 Å². The van der Waals surface area contributed by atoms with Crippen LogP contribution in [0.25, 0.3) is 0 Å². The first-order chi connectivity index (χ1) is 13.4. The number of amides is 1. The molecule has 6 nitrogen and oxygen atoms in total. The lowest BCUT2D eigenvalue weighted by Crippen LogP contribution is -2.39. The maximum Gasteiger partial charge on any atom is 0.433 e. The zero-order valence-electron chi connectivity index (χ0n) is 14.8. The Labute approximate surface area is 159 Å². The lowest BCUT2D eigenvalue weighted by Gasteiger charge is -2.31. The molecule has 0 bridgehead atoms. The summed E-state index contributed by atoms with van der Waals surface area (Å²) >= 11 is 0. The molecule has 0 spiro atoms. The maximum atomic E-state index is 12.6. The number of hydrogen-bond acceptors (Lipinski definition) is 5. The minimum Gasteiger partial charge on any atom is -0.476 e. The van der Waals surface area contributed by atoms with Gasteiger partial charge in [0, 0.05) is 25.5 Å². The zero-order valence-corrected chi connectivity index (χ0v) is 14.8. The van der Waals surface area contributed by atoms with E-state index in [-0.39, 0.29) is 17.4 Å². The number of nitrogens with zero attached hydrogens (tertiary/aromatic N) is 4. The van der Waals surface area contributed by atoms with E-state index in [4.69, 9.17) is 10.00 Å². The molecule has 2 aromatic rings. The number of alkyl halides is 3. The number of pyridine rings is 2. The van der Waals surface area contributed by atoms with Crippen molar-refractivity contribution < 1.29 is 22.7 Å². The zero-order chi connectivity index (χ0) is 20.1. The number of likely N-dealkylation sites (tertiary alicyclic amines) is 1. The molecule has 3 rings (SSSR count). The molecule has 3 heterocycles.